The van der Waals surface area contributed by atoms with Gasteiger partial charge in [0.05, 0.1) is 22.1 Å². The predicted molar refractivity (Wildman–Crippen MR) is 121 cm³/mol. The van der Waals surface area contributed by atoms with Gasteiger partial charge in [0.1, 0.15) is 6.61 Å². The lowest BCUT2D eigenvalue weighted by molar-refractivity contribution is -0.135. The number of aromatic nitrogens is 1. The fraction of sp³-hybridized carbons (Fsp3) is 0.350. The number of nitrogens with two attached hydrogens (primary N) is 1. The Labute approximate surface area is 189 Å². The highest BCUT2D eigenvalue weighted by Gasteiger charge is 2.26. The molecule has 9 nitrogen and oxygen atoms in total. The summed E-state index contributed by atoms with van der Waals surface area (Å²) in [5, 5.41) is 26.8. The highest BCUT2D eigenvalue weighted by atomic mass is 35.5. The van der Waals surface area contributed by atoms with Gasteiger partial charge in [-0.25, -0.2) is 0 Å². The number of allylic oxidation sites excluding steroid dienone is 1. The summed E-state index contributed by atoms with van der Waals surface area (Å²) in [6, 6.07) is 1.58. The molecule has 11 heteroatoms. The number of aromatic amines is 1. The lowest BCUT2D eigenvalue weighted by Crippen LogP contribution is -2.37. The van der Waals surface area contributed by atoms with E-state index in [1.54, 1.807) is 17.2 Å². The number of fused-ring (bicyclic) bond motifs is 3. The number of carbonyl (C=O) groups is 2. The Balaban J connectivity index is 1.85. The normalized spacial score (nSPS) is 13.5. The zero-order chi connectivity index (χ0) is 22.5. The van der Waals surface area contributed by atoms with Gasteiger partial charge < -0.3 is 36.8 Å². The maximum atomic E-state index is 12.0. The Morgan fingerprint density at radius 1 is 1.35 bits per heavy atom. The summed E-state index contributed by atoms with van der Waals surface area (Å²) in [4.78, 5) is 27.9. The molecule has 1 aliphatic heterocycles. The Morgan fingerprint density at radius 3 is 2.84 bits per heavy atom. The summed E-state index contributed by atoms with van der Waals surface area (Å²) in [7, 11) is 0. The maximum absolute atomic E-state index is 12.0. The Kier molecular flexibility index (Phi) is 7.55. The molecule has 1 aromatic heterocycles. The molecule has 1 aliphatic rings. The molecule has 6 N–H and O–H groups in total. The lowest BCUT2D eigenvalue weighted by atomic mass is 9.98. The summed E-state index contributed by atoms with van der Waals surface area (Å²) in [5.74, 6) is -0.607. The zero-order valence-corrected chi connectivity index (χ0v) is 18.2. The molecule has 2 aromatic rings. The number of aliphatic hydroxyl groups is 1. The maximum Gasteiger partial charge on any atom is 0.248 e. The third-order valence-corrected chi connectivity index (χ3v) is 5.83. The molecule has 0 spiro atoms. The first-order valence-corrected chi connectivity index (χ1v) is 10.5. The molecule has 0 fully saturated rings. The van der Waals surface area contributed by atoms with Crippen LogP contribution in [0, 0.1) is 0 Å². The molecule has 0 aliphatic carbocycles. The van der Waals surface area contributed by atoms with Crippen LogP contribution < -0.4 is 16.4 Å². The van der Waals surface area contributed by atoms with Crippen molar-refractivity contribution in [3.63, 3.8) is 0 Å². The van der Waals surface area contributed by atoms with Crippen molar-refractivity contribution in [1.29, 1.82) is 0 Å². The second-order valence-corrected chi connectivity index (χ2v) is 7.79. The minimum atomic E-state index is -0.561. The molecular formula is C20H23Cl2N6O3-. The van der Waals surface area contributed by atoms with Crippen molar-refractivity contribution in [2.45, 2.75) is 13.0 Å². The number of halogens is 2. The number of H-pyrrole nitrogens is 1. The average molecular weight is 466 g/mol. The number of nitrogens with one attached hydrogen (secondary N) is 3. The van der Waals surface area contributed by atoms with Crippen LogP contribution in [0.4, 0.5) is 0 Å². The number of hydrogen-bond acceptors (Lipinski definition) is 5. The molecule has 0 radical (unpaired) electrons. The number of hydrogen-bond donors (Lipinski definition) is 5. The minimum Gasteiger partial charge on any atom is -0.803 e. The van der Waals surface area contributed by atoms with Gasteiger partial charge in [-0.2, -0.15) is 0 Å². The van der Waals surface area contributed by atoms with Crippen LogP contribution in [0.15, 0.2) is 18.3 Å². The van der Waals surface area contributed by atoms with Gasteiger partial charge in [0.25, 0.3) is 0 Å². The predicted octanol–water partition coefficient (Wildman–Crippen LogP) is 0.888. The van der Waals surface area contributed by atoms with Crippen molar-refractivity contribution < 1.29 is 14.7 Å². The van der Waals surface area contributed by atoms with Crippen molar-refractivity contribution in [2.75, 3.05) is 32.8 Å². The van der Waals surface area contributed by atoms with Gasteiger partial charge in [-0.1, -0.05) is 29.3 Å². The number of nitrogens with zero attached hydrogens (tertiary/aromatic N) is 2. The second-order valence-electron chi connectivity index (χ2n) is 7.00. The summed E-state index contributed by atoms with van der Waals surface area (Å²) in [6.45, 7) is 0.965. The SMILES string of the molecule is [N-]=C(/C=C\NCCNC(=O)CN)c1cc(Cl)c(Cl)c2[nH]c3c(c12)CN(C(=O)CO)CC3. The number of carbonyl (C=O) groups excluding carboxylic acids is 2. The molecule has 3 rings (SSSR count). The monoisotopic (exact) mass is 465 g/mol. The van der Waals surface area contributed by atoms with Crippen molar-refractivity contribution in [2.24, 2.45) is 5.73 Å². The molecular weight excluding hydrogens is 443 g/mol. The first kappa shape index (κ1) is 23.1. The van der Waals surface area contributed by atoms with Crippen molar-refractivity contribution in [3.05, 3.63) is 50.6 Å². The average Bonchev–Trinajstić information content (AvgIpc) is 3.16. The standard InChI is InChI=1S/C20H23Cl2N6O3/c21-13-7-11(14(24)1-3-25-4-5-26-16(30)8-23)18-12-9-28(17(31)10-29)6-2-15(12)27-20(18)19(13)22/h1,3,7,25,27,29H,2,4-6,8-10,23H2,(H,26,30)/q-1/b3-1-. The van der Waals surface area contributed by atoms with E-state index in [1.165, 1.54) is 6.08 Å². The van der Waals surface area contributed by atoms with Crippen LogP contribution in [0.2, 0.25) is 10.0 Å². The van der Waals surface area contributed by atoms with Crippen LogP contribution in [0.5, 0.6) is 0 Å². The molecule has 0 saturated carbocycles. The molecule has 166 valence electrons. The summed E-state index contributed by atoms with van der Waals surface area (Å²) < 4.78 is 0. The Bertz CT molecular complexity index is 1050. The topological polar surface area (TPSA) is 146 Å². The Hall–Kier alpha value is -2.59. The quantitative estimate of drug-likeness (QED) is 0.290. The Morgan fingerprint density at radius 2 is 2.13 bits per heavy atom. The first-order chi connectivity index (χ1) is 14.9. The fourth-order valence-electron chi connectivity index (χ4n) is 3.51. The molecule has 0 atom stereocenters. The van der Waals surface area contributed by atoms with Gasteiger partial charge in [-0.05, 0) is 17.8 Å². The highest BCUT2D eigenvalue weighted by Crippen LogP contribution is 2.38. The van der Waals surface area contributed by atoms with Crippen LogP contribution in [-0.4, -0.2) is 65.3 Å². The van der Waals surface area contributed by atoms with E-state index in [-0.39, 0.29) is 35.6 Å². The van der Waals surface area contributed by atoms with Gasteiger partial charge in [-0.3, -0.25) is 9.59 Å². The van der Waals surface area contributed by atoms with E-state index in [2.05, 4.69) is 15.6 Å². The van der Waals surface area contributed by atoms with Crippen molar-refractivity contribution in [1.82, 2.24) is 20.5 Å². The lowest BCUT2D eigenvalue weighted by Gasteiger charge is -2.27. The molecule has 2 amide bonds. The zero-order valence-electron chi connectivity index (χ0n) is 16.7. The number of amides is 2. The number of rotatable bonds is 8. The van der Waals surface area contributed by atoms with Crippen molar-refractivity contribution >= 4 is 51.6 Å². The van der Waals surface area contributed by atoms with E-state index in [9.17, 15) is 20.1 Å². The summed E-state index contributed by atoms with van der Waals surface area (Å²) in [5.41, 5.74) is 7.96. The van der Waals surface area contributed by atoms with Crippen LogP contribution in [0.25, 0.3) is 16.3 Å². The third kappa shape index (κ3) is 5.01. The number of aliphatic hydroxyl groups excluding tert-OH is 1. The highest BCUT2D eigenvalue weighted by molar-refractivity contribution is 6.46. The molecule has 0 bridgehead atoms. The van der Waals surface area contributed by atoms with Crippen LogP contribution in [0.3, 0.4) is 0 Å². The van der Waals surface area contributed by atoms with Crippen LogP contribution >= 0.6 is 23.2 Å². The van der Waals surface area contributed by atoms with Crippen LogP contribution in [0.1, 0.15) is 16.8 Å². The fourth-order valence-corrected chi connectivity index (χ4v) is 3.91. The van der Waals surface area contributed by atoms with Gasteiger partial charge in [0, 0.05) is 49.2 Å². The van der Waals surface area contributed by atoms with Crippen molar-refractivity contribution in [3.8, 4) is 0 Å². The summed E-state index contributed by atoms with van der Waals surface area (Å²) >= 11 is 12.7. The first-order valence-electron chi connectivity index (χ1n) is 9.70. The van der Waals surface area contributed by atoms with E-state index in [1.807, 2.05) is 0 Å². The van der Waals surface area contributed by atoms with E-state index in [0.29, 0.717) is 47.5 Å². The molecule has 0 unspecified atom stereocenters. The van der Waals surface area contributed by atoms with Gasteiger partial charge in [0.15, 0.2) is 0 Å². The summed E-state index contributed by atoms with van der Waals surface area (Å²) in [6.07, 6.45) is 3.59. The molecule has 1 aromatic carbocycles. The van der Waals surface area contributed by atoms with E-state index in [4.69, 9.17) is 28.9 Å². The van der Waals surface area contributed by atoms with E-state index in [0.717, 1.165) is 11.3 Å². The van der Waals surface area contributed by atoms with Crippen LogP contribution in [-0.2, 0) is 22.6 Å². The van der Waals surface area contributed by atoms with Gasteiger partial charge in [-0.15, -0.1) is 5.71 Å². The van der Waals surface area contributed by atoms with Gasteiger partial charge >= 0.3 is 0 Å². The third-order valence-electron chi connectivity index (χ3n) is 5.04. The molecule has 31 heavy (non-hydrogen) atoms. The number of benzene rings is 1. The molecule has 2 heterocycles. The second kappa shape index (κ2) is 10.1. The molecule has 0 saturated heterocycles. The van der Waals surface area contributed by atoms with E-state index < -0.39 is 6.61 Å². The smallest absolute Gasteiger partial charge is 0.248 e. The minimum absolute atomic E-state index is 0.0468. The van der Waals surface area contributed by atoms with E-state index >= 15 is 0 Å². The van der Waals surface area contributed by atoms with Gasteiger partial charge in [0.2, 0.25) is 11.8 Å². The largest absolute Gasteiger partial charge is 0.803 e.